The van der Waals surface area contributed by atoms with Gasteiger partial charge in [0, 0.05) is 0 Å². The SMILES string of the molecule is Cc1ccc(C2(C#N)CCC2)cc1C(F)(F)F. The van der Waals surface area contributed by atoms with Crippen LogP contribution >= 0.6 is 0 Å². The summed E-state index contributed by atoms with van der Waals surface area (Å²) in [4.78, 5) is 0. The van der Waals surface area contributed by atoms with E-state index in [0.29, 0.717) is 18.4 Å². The molecule has 0 atom stereocenters. The van der Waals surface area contributed by atoms with Gasteiger partial charge in [-0.25, -0.2) is 0 Å². The predicted molar refractivity (Wildman–Crippen MR) is 57.3 cm³/mol. The maximum absolute atomic E-state index is 12.8. The molecule has 0 unspecified atom stereocenters. The third kappa shape index (κ3) is 1.90. The number of aryl methyl sites for hydroxylation is 1. The number of nitrogens with zero attached hydrogens (tertiary/aromatic N) is 1. The first-order chi connectivity index (χ1) is 7.89. The second-order valence-electron chi connectivity index (χ2n) is 4.57. The Hall–Kier alpha value is -1.50. The summed E-state index contributed by atoms with van der Waals surface area (Å²) in [5.41, 5.74) is -0.609. The van der Waals surface area contributed by atoms with Crippen LogP contribution < -0.4 is 0 Å². The van der Waals surface area contributed by atoms with Gasteiger partial charge in [-0.05, 0) is 43.4 Å². The summed E-state index contributed by atoms with van der Waals surface area (Å²) in [5.74, 6) is 0. The summed E-state index contributed by atoms with van der Waals surface area (Å²) in [6.07, 6.45) is -2.13. The van der Waals surface area contributed by atoms with Gasteiger partial charge in [0.15, 0.2) is 0 Å². The molecule has 4 heteroatoms. The number of rotatable bonds is 1. The molecule has 17 heavy (non-hydrogen) atoms. The van der Waals surface area contributed by atoms with Crippen LogP contribution in [0.25, 0.3) is 0 Å². The van der Waals surface area contributed by atoms with E-state index in [9.17, 15) is 13.2 Å². The van der Waals surface area contributed by atoms with E-state index in [4.69, 9.17) is 5.26 Å². The van der Waals surface area contributed by atoms with Gasteiger partial charge in [-0.1, -0.05) is 12.1 Å². The van der Waals surface area contributed by atoms with Crippen molar-refractivity contribution < 1.29 is 13.2 Å². The molecule has 0 aromatic heterocycles. The Bertz CT molecular complexity index is 478. The molecule has 0 N–H and O–H groups in total. The molecular weight excluding hydrogens is 227 g/mol. The van der Waals surface area contributed by atoms with Gasteiger partial charge in [0.2, 0.25) is 0 Å². The molecule has 1 aromatic rings. The quantitative estimate of drug-likeness (QED) is 0.727. The van der Waals surface area contributed by atoms with Crippen LogP contribution in [0.5, 0.6) is 0 Å². The Morgan fingerprint density at radius 2 is 1.94 bits per heavy atom. The predicted octanol–water partition coefficient (Wildman–Crippen LogP) is 3.96. The van der Waals surface area contributed by atoms with Gasteiger partial charge in [0.05, 0.1) is 17.0 Å². The molecule has 0 amide bonds. The fourth-order valence-electron chi connectivity index (χ4n) is 2.22. The Morgan fingerprint density at radius 1 is 1.29 bits per heavy atom. The zero-order valence-corrected chi connectivity index (χ0v) is 9.43. The van der Waals surface area contributed by atoms with Crippen molar-refractivity contribution in [3.05, 3.63) is 34.9 Å². The van der Waals surface area contributed by atoms with E-state index in [1.807, 2.05) is 0 Å². The van der Waals surface area contributed by atoms with Gasteiger partial charge in [0.1, 0.15) is 0 Å². The largest absolute Gasteiger partial charge is 0.416 e. The van der Waals surface area contributed by atoms with Crippen molar-refractivity contribution in [1.82, 2.24) is 0 Å². The van der Waals surface area contributed by atoms with Crippen LogP contribution in [-0.2, 0) is 11.6 Å². The van der Waals surface area contributed by atoms with Crippen molar-refractivity contribution in [3.63, 3.8) is 0 Å². The normalized spacial score (nSPS) is 18.3. The third-order valence-corrected chi connectivity index (χ3v) is 3.52. The lowest BCUT2D eigenvalue weighted by molar-refractivity contribution is -0.138. The molecule has 0 bridgehead atoms. The number of benzene rings is 1. The van der Waals surface area contributed by atoms with Crippen molar-refractivity contribution in [2.24, 2.45) is 0 Å². The molecule has 0 radical (unpaired) electrons. The van der Waals surface area contributed by atoms with E-state index in [2.05, 4.69) is 6.07 Å². The molecule has 1 aliphatic carbocycles. The molecule has 1 aromatic carbocycles. The van der Waals surface area contributed by atoms with E-state index in [-0.39, 0.29) is 5.56 Å². The second kappa shape index (κ2) is 3.76. The zero-order valence-electron chi connectivity index (χ0n) is 9.43. The summed E-state index contributed by atoms with van der Waals surface area (Å²) < 4.78 is 38.3. The Labute approximate surface area is 97.9 Å². The fraction of sp³-hybridized carbons (Fsp3) is 0.462. The first-order valence-corrected chi connectivity index (χ1v) is 5.49. The molecule has 1 saturated carbocycles. The van der Waals surface area contributed by atoms with Gasteiger partial charge in [-0.2, -0.15) is 18.4 Å². The molecule has 0 spiro atoms. The first-order valence-electron chi connectivity index (χ1n) is 5.49. The standard InChI is InChI=1S/C13H12F3N/c1-9-3-4-10(7-11(9)13(14,15)16)12(8-17)5-2-6-12/h3-4,7H,2,5-6H2,1H3. The van der Waals surface area contributed by atoms with E-state index in [1.54, 1.807) is 6.07 Å². The van der Waals surface area contributed by atoms with Crippen molar-refractivity contribution in [2.75, 3.05) is 0 Å². The number of nitriles is 1. The summed E-state index contributed by atoms with van der Waals surface area (Å²) in [7, 11) is 0. The molecular formula is C13H12F3N. The molecule has 1 aliphatic rings. The highest BCUT2D eigenvalue weighted by molar-refractivity contribution is 5.41. The molecule has 90 valence electrons. The summed E-state index contributed by atoms with van der Waals surface area (Å²) >= 11 is 0. The minimum Gasteiger partial charge on any atom is -0.197 e. The number of hydrogen-bond donors (Lipinski definition) is 0. The molecule has 0 saturated heterocycles. The van der Waals surface area contributed by atoms with Gasteiger partial charge >= 0.3 is 6.18 Å². The van der Waals surface area contributed by atoms with E-state index >= 15 is 0 Å². The summed E-state index contributed by atoms with van der Waals surface area (Å²) in [6, 6.07) is 6.40. The van der Waals surface area contributed by atoms with Gasteiger partial charge < -0.3 is 0 Å². The Balaban J connectivity index is 2.49. The molecule has 0 aliphatic heterocycles. The highest BCUT2D eigenvalue weighted by Gasteiger charge is 2.41. The highest BCUT2D eigenvalue weighted by Crippen LogP contribution is 2.44. The molecule has 2 rings (SSSR count). The van der Waals surface area contributed by atoms with Crippen LogP contribution in [0.15, 0.2) is 18.2 Å². The average Bonchev–Trinajstić information content (AvgIpc) is 2.17. The van der Waals surface area contributed by atoms with Crippen molar-refractivity contribution >= 4 is 0 Å². The Kier molecular flexibility index (Phi) is 2.65. The van der Waals surface area contributed by atoms with Gasteiger partial charge in [-0.3, -0.25) is 0 Å². The van der Waals surface area contributed by atoms with Crippen LogP contribution in [0.1, 0.15) is 36.0 Å². The van der Waals surface area contributed by atoms with E-state index < -0.39 is 17.2 Å². The summed E-state index contributed by atoms with van der Waals surface area (Å²) in [6.45, 7) is 1.44. The fourth-order valence-corrected chi connectivity index (χ4v) is 2.22. The second-order valence-corrected chi connectivity index (χ2v) is 4.57. The molecule has 1 nitrogen and oxygen atoms in total. The van der Waals surface area contributed by atoms with Crippen molar-refractivity contribution in [3.8, 4) is 6.07 Å². The Morgan fingerprint density at radius 3 is 2.35 bits per heavy atom. The lowest BCUT2D eigenvalue weighted by atomic mass is 9.65. The number of hydrogen-bond acceptors (Lipinski definition) is 1. The minimum absolute atomic E-state index is 0.202. The van der Waals surface area contributed by atoms with Gasteiger partial charge in [-0.15, -0.1) is 0 Å². The monoisotopic (exact) mass is 239 g/mol. The van der Waals surface area contributed by atoms with E-state index in [1.165, 1.54) is 13.0 Å². The molecule has 1 fully saturated rings. The average molecular weight is 239 g/mol. The topological polar surface area (TPSA) is 23.8 Å². The van der Waals surface area contributed by atoms with Crippen LogP contribution in [0.2, 0.25) is 0 Å². The summed E-state index contributed by atoms with van der Waals surface area (Å²) in [5, 5.41) is 9.12. The first kappa shape index (κ1) is 12.0. The molecule has 0 heterocycles. The third-order valence-electron chi connectivity index (χ3n) is 3.52. The zero-order chi connectivity index (χ0) is 12.7. The van der Waals surface area contributed by atoms with Crippen molar-refractivity contribution in [2.45, 2.75) is 37.8 Å². The smallest absolute Gasteiger partial charge is 0.197 e. The van der Waals surface area contributed by atoms with Crippen LogP contribution in [0, 0.1) is 18.3 Å². The van der Waals surface area contributed by atoms with Crippen molar-refractivity contribution in [1.29, 1.82) is 5.26 Å². The lowest BCUT2D eigenvalue weighted by Gasteiger charge is -2.36. The van der Waals surface area contributed by atoms with Crippen LogP contribution in [-0.4, -0.2) is 0 Å². The van der Waals surface area contributed by atoms with Crippen LogP contribution in [0.3, 0.4) is 0 Å². The maximum atomic E-state index is 12.8. The minimum atomic E-state index is -4.35. The highest BCUT2D eigenvalue weighted by atomic mass is 19.4. The maximum Gasteiger partial charge on any atom is 0.416 e. The van der Waals surface area contributed by atoms with E-state index in [0.717, 1.165) is 12.5 Å². The lowest BCUT2D eigenvalue weighted by Crippen LogP contribution is -2.32. The van der Waals surface area contributed by atoms with Gasteiger partial charge in [0.25, 0.3) is 0 Å². The van der Waals surface area contributed by atoms with Crippen LogP contribution in [0.4, 0.5) is 13.2 Å². The number of halogens is 3. The number of alkyl halides is 3.